The van der Waals surface area contributed by atoms with Gasteiger partial charge in [-0.05, 0) is 25.0 Å². The molecule has 1 unspecified atom stereocenters. The summed E-state index contributed by atoms with van der Waals surface area (Å²) in [5.41, 5.74) is 2.76. The number of nitrogens with zero attached hydrogens (tertiary/aromatic N) is 1. The van der Waals surface area contributed by atoms with Gasteiger partial charge in [-0.1, -0.05) is 41.9 Å². The van der Waals surface area contributed by atoms with Gasteiger partial charge in [-0.15, -0.1) is 11.3 Å². The number of anilines is 1. The van der Waals surface area contributed by atoms with Crippen molar-refractivity contribution in [3.8, 4) is 11.3 Å². The van der Waals surface area contributed by atoms with E-state index >= 15 is 0 Å². The fourth-order valence-electron chi connectivity index (χ4n) is 1.77. The van der Waals surface area contributed by atoms with Gasteiger partial charge in [0.1, 0.15) is 0 Å². The minimum Gasteiger partial charge on any atom is -0.325 e. The third kappa shape index (κ3) is 3.67. The summed E-state index contributed by atoms with van der Waals surface area (Å²) in [4.78, 5) is 16.3. The van der Waals surface area contributed by atoms with Crippen LogP contribution in [0.4, 0.5) is 5.69 Å². The molecule has 0 fully saturated rings. The van der Waals surface area contributed by atoms with Gasteiger partial charge < -0.3 is 5.32 Å². The van der Waals surface area contributed by atoms with E-state index in [1.807, 2.05) is 50.4 Å². The predicted molar refractivity (Wildman–Crippen MR) is 88.5 cm³/mol. The Morgan fingerprint density at radius 2 is 2.15 bits per heavy atom. The first kappa shape index (κ1) is 15.2. The lowest BCUT2D eigenvalue weighted by Crippen LogP contribution is -2.26. The van der Waals surface area contributed by atoms with Crippen LogP contribution in [0.1, 0.15) is 18.9 Å². The van der Waals surface area contributed by atoms with E-state index in [0.29, 0.717) is 0 Å². The molecule has 0 spiro atoms. The van der Waals surface area contributed by atoms with Gasteiger partial charge in [0, 0.05) is 16.6 Å². The number of nitrogens with one attached hydrogen (secondary N) is 1. The maximum atomic E-state index is 12.0. The number of carbonyl (C=O) groups excluding carboxylic acids is 1. The molecule has 2 rings (SSSR count). The molecular weight excluding hydrogens is 336 g/mol. The molecule has 1 aromatic heterocycles. The zero-order valence-corrected chi connectivity index (χ0v) is 14.1. The molecule has 0 aliphatic carbocycles. The van der Waals surface area contributed by atoms with Crippen LogP contribution in [0.3, 0.4) is 0 Å². The molecule has 0 saturated carbocycles. The first-order valence-corrected chi connectivity index (χ1v) is 8.24. The highest BCUT2D eigenvalue weighted by Gasteiger charge is 2.18. The lowest BCUT2D eigenvalue weighted by atomic mass is 10.1. The normalized spacial score (nSPS) is 12.4. The van der Waals surface area contributed by atoms with Crippen molar-refractivity contribution in [2.75, 3.05) is 5.32 Å². The molecule has 2 aromatic rings. The number of benzene rings is 1. The van der Waals surface area contributed by atoms with Gasteiger partial charge >= 0.3 is 0 Å². The van der Waals surface area contributed by atoms with Crippen molar-refractivity contribution in [2.45, 2.75) is 25.6 Å². The molecule has 20 heavy (non-hydrogen) atoms. The molecular formula is C15H17BrN2OS. The van der Waals surface area contributed by atoms with Gasteiger partial charge in [0.2, 0.25) is 5.91 Å². The first-order chi connectivity index (χ1) is 9.47. The van der Waals surface area contributed by atoms with Crippen LogP contribution in [-0.2, 0) is 4.79 Å². The summed E-state index contributed by atoms with van der Waals surface area (Å²) in [7, 11) is 0. The molecule has 1 N–H and O–H groups in total. The van der Waals surface area contributed by atoms with Crippen LogP contribution in [0, 0.1) is 12.8 Å². The second-order valence-electron chi connectivity index (χ2n) is 4.97. The molecule has 106 valence electrons. The van der Waals surface area contributed by atoms with Crippen LogP contribution in [0.5, 0.6) is 0 Å². The highest BCUT2D eigenvalue weighted by Crippen LogP contribution is 2.24. The van der Waals surface area contributed by atoms with Crippen LogP contribution in [-0.4, -0.2) is 15.7 Å². The van der Waals surface area contributed by atoms with E-state index in [4.69, 9.17) is 0 Å². The predicted octanol–water partition coefficient (Wildman–Crippen LogP) is 4.48. The zero-order valence-electron chi connectivity index (χ0n) is 11.7. The fourth-order valence-corrected chi connectivity index (χ4v) is 2.50. The summed E-state index contributed by atoms with van der Waals surface area (Å²) in [6.45, 7) is 6.00. The van der Waals surface area contributed by atoms with Crippen molar-refractivity contribution < 1.29 is 4.79 Å². The van der Waals surface area contributed by atoms with Gasteiger partial charge in [-0.3, -0.25) is 4.79 Å². The molecule has 1 aromatic carbocycles. The standard InChI is InChI=1S/C15H17BrN2OS/c1-9(2)14(16)15(19)18-12-6-4-5-11(7-12)13-8-20-10(3)17-13/h4-9,14H,1-3H3,(H,18,19). The molecule has 0 aliphatic rings. The number of rotatable bonds is 4. The largest absolute Gasteiger partial charge is 0.325 e. The topological polar surface area (TPSA) is 42.0 Å². The van der Waals surface area contributed by atoms with Crippen molar-refractivity contribution in [1.29, 1.82) is 0 Å². The van der Waals surface area contributed by atoms with Crippen molar-refractivity contribution in [1.82, 2.24) is 4.98 Å². The summed E-state index contributed by atoms with van der Waals surface area (Å²) >= 11 is 5.03. The van der Waals surface area contributed by atoms with Crippen molar-refractivity contribution >= 4 is 38.9 Å². The number of amides is 1. The van der Waals surface area contributed by atoms with E-state index in [2.05, 4.69) is 26.2 Å². The van der Waals surface area contributed by atoms with E-state index in [1.54, 1.807) is 11.3 Å². The molecule has 5 heteroatoms. The number of thiazole rings is 1. The molecule has 3 nitrogen and oxygen atoms in total. The van der Waals surface area contributed by atoms with Crippen molar-refractivity contribution in [3.05, 3.63) is 34.7 Å². The van der Waals surface area contributed by atoms with E-state index in [-0.39, 0.29) is 16.7 Å². The highest BCUT2D eigenvalue weighted by atomic mass is 79.9. The van der Waals surface area contributed by atoms with Crippen molar-refractivity contribution in [3.63, 3.8) is 0 Å². The highest BCUT2D eigenvalue weighted by molar-refractivity contribution is 9.10. The Hall–Kier alpha value is -1.20. The number of hydrogen-bond donors (Lipinski definition) is 1. The van der Waals surface area contributed by atoms with E-state index in [1.165, 1.54) is 0 Å². The average Bonchev–Trinajstić information content (AvgIpc) is 2.84. The SMILES string of the molecule is Cc1nc(-c2cccc(NC(=O)C(Br)C(C)C)c2)cs1. The maximum Gasteiger partial charge on any atom is 0.238 e. The monoisotopic (exact) mass is 352 g/mol. The van der Waals surface area contributed by atoms with E-state index in [9.17, 15) is 4.79 Å². The smallest absolute Gasteiger partial charge is 0.238 e. The second-order valence-corrected chi connectivity index (χ2v) is 7.02. The summed E-state index contributed by atoms with van der Waals surface area (Å²) in [6.07, 6.45) is 0. The minimum atomic E-state index is -0.187. The van der Waals surface area contributed by atoms with Crippen LogP contribution in [0.25, 0.3) is 11.3 Å². The van der Waals surface area contributed by atoms with Gasteiger partial charge in [-0.25, -0.2) is 4.98 Å². The number of hydrogen-bond acceptors (Lipinski definition) is 3. The molecule has 0 radical (unpaired) electrons. The first-order valence-electron chi connectivity index (χ1n) is 6.45. The maximum absolute atomic E-state index is 12.0. The Balaban J connectivity index is 2.16. The van der Waals surface area contributed by atoms with Crippen molar-refractivity contribution in [2.24, 2.45) is 5.92 Å². The third-order valence-corrected chi connectivity index (χ3v) is 5.13. The summed E-state index contributed by atoms with van der Waals surface area (Å²) in [6, 6.07) is 7.77. The number of aromatic nitrogens is 1. The van der Waals surface area contributed by atoms with E-state index in [0.717, 1.165) is 22.0 Å². The quantitative estimate of drug-likeness (QED) is 0.824. The van der Waals surface area contributed by atoms with Gasteiger partial charge in [0.25, 0.3) is 0 Å². The van der Waals surface area contributed by atoms with Crippen LogP contribution in [0.2, 0.25) is 0 Å². The Kier molecular flexibility index (Phi) is 4.94. The molecule has 1 heterocycles. The zero-order chi connectivity index (χ0) is 14.7. The Morgan fingerprint density at radius 3 is 2.75 bits per heavy atom. The Bertz CT molecular complexity index is 609. The van der Waals surface area contributed by atoms with Crippen LogP contribution < -0.4 is 5.32 Å². The molecule has 0 aliphatic heterocycles. The second kappa shape index (κ2) is 6.50. The Morgan fingerprint density at radius 1 is 1.40 bits per heavy atom. The van der Waals surface area contributed by atoms with Crippen LogP contribution in [0.15, 0.2) is 29.6 Å². The number of carbonyl (C=O) groups is 1. The lowest BCUT2D eigenvalue weighted by molar-refractivity contribution is -0.116. The van der Waals surface area contributed by atoms with Gasteiger partial charge in [-0.2, -0.15) is 0 Å². The summed E-state index contributed by atoms with van der Waals surface area (Å²) in [5, 5.41) is 5.99. The summed E-state index contributed by atoms with van der Waals surface area (Å²) < 4.78 is 0. The fraction of sp³-hybridized carbons (Fsp3) is 0.333. The average molecular weight is 353 g/mol. The van der Waals surface area contributed by atoms with Gasteiger partial charge in [0.05, 0.1) is 15.5 Å². The number of alkyl halides is 1. The van der Waals surface area contributed by atoms with Crippen LogP contribution >= 0.6 is 27.3 Å². The number of aryl methyl sites for hydroxylation is 1. The number of halogens is 1. The Labute approximate surface area is 131 Å². The van der Waals surface area contributed by atoms with E-state index < -0.39 is 0 Å². The van der Waals surface area contributed by atoms with Gasteiger partial charge in [0.15, 0.2) is 0 Å². The minimum absolute atomic E-state index is 0.0217. The third-order valence-electron chi connectivity index (χ3n) is 2.88. The molecule has 1 amide bonds. The molecule has 0 bridgehead atoms. The molecule has 0 saturated heterocycles. The summed E-state index contributed by atoms with van der Waals surface area (Å²) in [5.74, 6) is 0.228. The lowest BCUT2D eigenvalue weighted by Gasteiger charge is -2.14. The molecule has 1 atom stereocenters.